The summed E-state index contributed by atoms with van der Waals surface area (Å²) in [6, 6.07) is 3.81. The molecule has 142 valence electrons. The van der Waals surface area contributed by atoms with Gasteiger partial charge < -0.3 is 24.7 Å². The second-order valence-electron chi connectivity index (χ2n) is 6.58. The van der Waals surface area contributed by atoms with Gasteiger partial charge in [0, 0.05) is 39.1 Å². The maximum absolute atomic E-state index is 12.1. The van der Waals surface area contributed by atoms with Gasteiger partial charge in [0.05, 0.1) is 6.26 Å². The number of furan rings is 1. The van der Waals surface area contributed by atoms with Crippen LogP contribution >= 0.6 is 0 Å². The molecule has 1 heterocycles. The second-order valence-corrected chi connectivity index (χ2v) is 6.58. The third-order valence-electron chi connectivity index (χ3n) is 3.26. The molecule has 1 aromatic heterocycles. The quantitative estimate of drug-likeness (QED) is 0.555. The van der Waals surface area contributed by atoms with Gasteiger partial charge in [-0.25, -0.2) is 4.79 Å². The normalized spacial score (nSPS) is 12.0. The van der Waals surface area contributed by atoms with Crippen LogP contribution in [0.1, 0.15) is 40.4 Å². The van der Waals surface area contributed by atoms with E-state index in [-0.39, 0.29) is 6.09 Å². The Morgan fingerprint density at radius 1 is 1.32 bits per heavy atom. The molecule has 0 aromatic carbocycles. The lowest BCUT2D eigenvalue weighted by molar-refractivity contribution is 0.0264. The molecule has 0 aliphatic heterocycles. The average molecular weight is 352 g/mol. The van der Waals surface area contributed by atoms with E-state index in [1.807, 2.05) is 46.8 Å². The maximum atomic E-state index is 12.1. The van der Waals surface area contributed by atoms with Gasteiger partial charge in [0.15, 0.2) is 5.96 Å². The fraction of sp³-hybridized carbons (Fsp3) is 0.667. The van der Waals surface area contributed by atoms with Crippen LogP contribution < -0.4 is 10.6 Å². The van der Waals surface area contributed by atoms with E-state index in [9.17, 15) is 4.79 Å². The van der Waals surface area contributed by atoms with E-state index >= 15 is 0 Å². The molecule has 0 bridgehead atoms. The van der Waals surface area contributed by atoms with E-state index in [4.69, 9.17) is 9.15 Å². The molecule has 0 fully saturated rings. The van der Waals surface area contributed by atoms with Gasteiger partial charge in [-0.3, -0.25) is 4.99 Å². The number of amides is 1. The number of hydrogen-bond acceptors (Lipinski definition) is 4. The SMILES string of the molecule is CCNC(=NCCc1ccco1)NCCN(CC)C(=O)OC(C)(C)C. The van der Waals surface area contributed by atoms with Crippen molar-refractivity contribution in [1.29, 1.82) is 0 Å². The Morgan fingerprint density at radius 2 is 2.08 bits per heavy atom. The van der Waals surface area contributed by atoms with Crippen LogP contribution in [-0.2, 0) is 11.2 Å². The highest BCUT2D eigenvalue weighted by Crippen LogP contribution is 2.09. The van der Waals surface area contributed by atoms with Crippen molar-refractivity contribution >= 4 is 12.1 Å². The Labute approximate surface area is 150 Å². The zero-order valence-corrected chi connectivity index (χ0v) is 16.1. The van der Waals surface area contributed by atoms with Crippen LogP contribution in [0.3, 0.4) is 0 Å². The fourth-order valence-corrected chi connectivity index (χ4v) is 2.09. The molecular formula is C18H32N4O3. The highest BCUT2D eigenvalue weighted by atomic mass is 16.6. The summed E-state index contributed by atoms with van der Waals surface area (Å²) in [6.45, 7) is 12.7. The minimum absolute atomic E-state index is 0.295. The van der Waals surface area contributed by atoms with E-state index < -0.39 is 5.60 Å². The molecule has 0 spiro atoms. The van der Waals surface area contributed by atoms with Gasteiger partial charge in [0.25, 0.3) is 0 Å². The van der Waals surface area contributed by atoms with Crippen LogP contribution in [0.25, 0.3) is 0 Å². The maximum Gasteiger partial charge on any atom is 0.410 e. The van der Waals surface area contributed by atoms with Gasteiger partial charge in [-0.05, 0) is 46.8 Å². The van der Waals surface area contributed by atoms with Crippen LogP contribution in [-0.4, -0.2) is 55.3 Å². The zero-order valence-electron chi connectivity index (χ0n) is 16.1. The lowest BCUT2D eigenvalue weighted by Crippen LogP contribution is -2.44. The average Bonchev–Trinajstić information content (AvgIpc) is 3.03. The Kier molecular flexibility index (Phi) is 8.88. The van der Waals surface area contributed by atoms with Gasteiger partial charge in [0.2, 0.25) is 0 Å². The van der Waals surface area contributed by atoms with Gasteiger partial charge in [-0.15, -0.1) is 0 Å². The minimum Gasteiger partial charge on any atom is -0.469 e. The first-order valence-electron chi connectivity index (χ1n) is 8.88. The molecule has 2 N–H and O–H groups in total. The first-order chi connectivity index (χ1) is 11.9. The van der Waals surface area contributed by atoms with Crippen LogP contribution in [0, 0.1) is 0 Å². The molecule has 0 radical (unpaired) electrons. The predicted molar refractivity (Wildman–Crippen MR) is 99.9 cm³/mol. The van der Waals surface area contributed by atoms with E-state index in [0.717, 1.165) is 24.7 Å². The van der Waals surface area contributed by atoms with Gasteiger partial charge in [-0.2, -0.15) is 0 Å². The molecule has 0 unspecified atom stereocenters. The summed E-state index contributed by atoms with van der Waals surface area (Å²) in [4.78, 5) is 18.3. The predicted octanol–water partition coefficient (Wildman–Crippen LogP) is 2.63. The van der Waals surface area contributed by atoms with Gasteiger partial charge >= 0.3 is 6.09 Å². The number of guanidine groups is 1. The summed E-state index contributed by atoms with van der Waals surface area (Å²) < 4.78 is 10.7. The van der Waals surface area contributed by atoms with Crippen molar-refractivity contribution in [2.75, 3.05) is 32.7 Å². The summed E-state index contributed by atoms with van der Waals surface area (Å²) in [5, 5.41) is 6.44. The largest absolute Gasteiger partial charge is 0.469 e. The van der Waals surface area contributed by atoms with Crippen LogP contribution in [0.2, 0.25) is 0 Å². The highest BCUT2D eigenvalue weighted by Gasteiger charge is 2.20. The molecule has 25 heavy (non-hydrogen) atoms. The number of carbonyl (C=O) groups is 1. The standard InChI is InChI=1S/C18H32N4O3/c1-6-19-16(20-11-10-15-9-8-14-24-15)21-12-13-22(7-2)17(23)25-18(3,4)5/h8-9,14H,6-7,10-13H2,1-5H3,(H2,19,20,21). The Bertz CT molecular complexity index is 521. The number of nitrogens with zero attached hydrogens (tertiary/aromatic N) is 2. The summed E-state index contributed by atoms with van der Waals surface area (Å²) in [7, 11) is 0. The summed E-state index contributed by atoms with van der Waals surface area (Å²) in [5.74, 6) is 1.65. The fourth-order valence-electron chi connectivity index (χ4n) is 2.09. The van der Waals surface area contributed by atoms with E-state index in [1.54, 1.807) is 11.2 Å². The van der Waals surface area contributed by atoms with Crippen molar-refractivity contribution in [2.24, 2.45) is 4.99 Å². The molecule has 7 nitrogen and oxygen atoms in total. The van der Waals surface area contributed by atoms with Crippen LogP contribution in [0.15, 0.2) is 27.8 Å². The Morgan fingerprint density at radius 3 is 2.64 bits per heavy atom. The lowest BCUT2D eigenvalue weighted by atomic mass is 10.2. The number of likely N-dealkylation sites (N-methyl/N-ethyl adjacent to an activating group) is 1. The lowest BCUT2D eigenvalue weighted by Gasteiger charge is -2.26. The number of ether oxygens (including phenoxy) is 1. The number of carbonyl (C=O) groups excluding carboxylic acids is 1. The Hall–Kier alpha value is -2.18. The molecular weight excluding hydrogens is 320 g/mol. The molecule has 1 aromatic rings. The van der Waals surface area contributed by atoms with Crippen molar-refractivity contribution in [2.45, 2.75) is 46.6 Å². The van der Waals surface area contributed by atoms with Crippen molar-refractivity contribution in [3.8, 4) is 0 Å². The monoisotopic (exact) mass is 352 g/mol. The third-order valence-corrected chi connectivity index (χ3v) is 3.26. The highest BCUT2D eigenvalue weighted by molar-refractivity contribution is 5.79. The van der Waals surface area contributed by atoms with E-state index in [1.165, 1.54) is 0 Å². The first-order valence-corrected chi connectivity index (χ1v) is 8.88. The molecule has 1 rings (SSSR count). The number of aliphatic imine (C=N–C) groups is 1. The first kappa shape index (κ1) is 20.9. The Balaban J connectivity index is 2.43. The smallest absolute Gasteiger partial charge is 0.410 e. The number of hydrogen-bond donors (Lipinski definition) is 2. The molecule has 0 saturated carbocycles. The van der Waals surface area contributed by atoms with Crippen molar-refractivity contribution in [3.05, 3.63) is 24.2 Å². The molecule has 1 amide bonds. The van der Waals surface area contributed by atoms with Crippen LogP contribution in [0.5, 0.6) is 0 Å². The summed E-state index contributed by atoms with van der Waals surface area (Å²) in [5.41, 5.74) is -0.486. The van der Waals surface area contributed by atoms with Crippen molar-refractivity contribution in [1.82, 2.24) is 15.5 Å². The van der Waals surface area contributed by atoms with E-state index in [2.05, 4.69) is 15.6 Å². The third kappa shape index (κ3) is 9.02. The molecule has 0 aliphatic rings. The van der Waals surface area contributed by atoms with E-state index in [0.29, 0.717) is 26.2 Å². The van der Waals surface area contributed by atoms with Gasteiger partial charge in [-0.1, -0.05) is 0 Å². The molecule has 7 heteroatoms. The topological polar surface area (TPSA) is 79.1 Å². The number of rotatable bonds is 8. The van der Waals surface area contributed by atoms with Crippen molar-refractivity contribution < 1.29 is 13.9 Å². The molecule has 0 aliphatic carbocycles. The van der Waals surface area contributed by atoms with Gasteiger partial charge in [0.1, 0.15) is 11.4 Å². The van der Waals surface area contributed by atoms with Crippen molar-refractivity contribution in [3.63, 3.8) is 0 Å². The molecule has 0 saturated heterocycles. The summed E-state index contributed by atoms with van der Waals surface area (Å²) in [6.07, 6.45) is 2.12. The zero-order chi connectivity index (χ0) is 18.7. The molecule has 0 atom stereocenters. The summed E-state index contributed by atoms with van der Waals surface area (Å²) >= 11 is 0. The number of nitrogens with one attached hydrogen (secondary N) is 2. The minimum atomic E-state index is -0.486. The van der Waals surface area contributed by atoms with Crippen LogP contribution in [0.4, 0.5) is 4.79 Å². The second kappa shape index (κ2) is 10.6.